The summed E-state index contributed by atoms with van der Waals surface area (Å²) in [4.78, 5) is 27.4. The predicted molar refractivity (Wildman–Crippen MR) is 48.6 cm³/mol. The fourth-order valence-corrected chi connectivity index (χ4v) is 0.905. The molecule has 0 fully saturated rings. The molecule has 0 aliphatic rings. The zero-order valence-corrected chi connectivity index (χ0v) is 7.23. The van der Waals surface area contributed by atoms with Crippen molar-refractivity contribution in [2.24, 2.45) is 5.73 Å². The number of nitrogens with two attached hydrogens (primary N) is 2. The SMILES string of the molecule is Nc1ncc(CC(N)C(=O)O)c(=O)[nH]1. The first-order valence-corrected chi connectivity index (χ1v) is 3.82. The van der Waals surface area contributed by atoms with Crippen LogP contribution in [0.25, 0.3) is 0 Å². The van der Waals surface area contributed by atoms with E-state index < -0.39 is 17.6 Å². The molecule has 1 atom stereocenters. The van der Waals surface area contributed by atoms with Crippen LogP contribution in [0.2, 0.25) is 0 Å². The highest BCUT2D eigenvalue weighted by Crippen LogP contribution is 1.95. The van der Waals surface area contributed by atoms with Gasteiger partial charge in [0.15, 0.2) is 5.95 Å². The van der Waals surface area contributed by atoms with Crippen LogP contribution in [-0.2, 0) is 11.2 Å². The van der Waals surface area contributed by atoms with E-state index >= 15 is 0 Å². The molecule has 0 saturated heterocycles. The van der Waals surface area contributed by atoms with E-state index in [0.717, 1.165) is 0 Å². The Kier molecular flexibility index (Phi) is 2.82. The van der Waals surface area contributed by atoms with E-state index in [1.807, 2.05) is 0 Å². The zero-order valence-electron chi connectivity index (χ0n) is 7.23. The molecular formula is C7H10N4O3. The molecule has 76 valence electrons. The first-order valence-electron chi connectivity index (χ1n) is 3.82. The Morgan fingerprint density at radius 3 is 2.86 bits per heavy atom. The van der Waals surface area contributed by atoms with E-state index in [1.165, 1.54) is 6.20 Å². The Morgan fingerprint density at radius 1 is 1.71 bits per heavy atom. The zero-order chi connectivity index (χ0) is 10.7. The maximum Gasteiger partial charge on any atom is 0.320 e. The molecule has 1 heterocycles. The number of carboxylic acids is 1. The van der Waals surface area contributed by atoms with Gasteiger partial charge in [-0.2, -0.15) is 0 Å². The Labute approximate surface area is 78.8 Å². The molecule has 1 rings (SSSR count). The molecule has 6 N–H and O–H groups in total. The summed E-state index contributed by atoms with van der Waals surface area (Å²) in [5.41, 5.74) is 10.2. The van der Waals surface area contributed by atoms with Gasteiger partial charge in [-0.25, -0.2) is 4.98 Å². The minimum Gasteiger partial charge on any atom is -0.480 e. The van der Waals surface area contributed by atoms with Crippen molar-refractivity contribution in [3.8, 4) is 0 Å². The van der Waals surface area contributed by atoms with Crippen LogP contribution < -0.4 is 17.0 Å². The molecule has 1 aromatic rings. The van der Waals surface area contributed by atoms with Crippen LogP contribution in [0, 0.1) is 0 Å². The normalized spacial score (nSPS) is 12.4. The third kappa shape index (κ3) is 2.30. The van der Waals surface area contributed by atoms with Crippen molar-refractivity contribution in [3.63, 3.8) is 0 Å². The summed E-state index contributed by atoms with van der Waals surface area (Å²) < 4.78 is 0. The van der Waals surface area contributed by atoms with Crippen LogP contribution in [-0.4, -0.2) is 27.1 Å². The van der Waals surface area contributed by atoms with Gasteiger partial charge in [-0.15, -0.1) is 0 Å². The summed E-state index contributed by atoms with van der Waals surface area (Å²) in [6, 6.07) is -1.11. The van der Waals surface area contributed by atoms with Gasteiger partial charge < -0.3 is 16.6 Å². The summed E-state index contributed by atoms with van der Waals surface area (Å²) in [6.45, 7) is 0. The van der Waals surface area contributed by atoms with Crippen LogP contribution in [0.4, 0.5) is 5.95 Å². The largest absolute Gasteiger partial charge is 0.480 e. The van der Waals surface area contributed by atoms with Crippen LogP contribution >= 0.6 is 0 Å². The van der Waals surface area contributed by atoms with Crippen molar-refractivity contribution >= 4 is 11.9 Å². The number of aromatic amines is 1. The van der Waals surface area contributed by atoms with Crippen molar-refractivity contribution in [2.75, 3.05) is 5.73 Å². The van der Waals surface area contributed by atoms with Gasteiger partial charge in [-0.05, 0) is 0 Å². The monoisotopic (exact) mass is 198 g/mol. The molecule has 7 heteroatoms. The molecule has 1 aromatic heterocycles. The molecule has 0 spiro atoms. The minimum atomic E-state index is -1.17. The second kappa shape index (κ2) is 3.88. The van der Waals surface area contributed by atoms with Crippen molar-refractivity contribution < 1.29 is 9.90 Å². The molecule has 0 amide bonds. The topological polar surface area (TPSA) is 135 Å². The maximum atomic E-state index is 11.2. The molecule has 0 radical (unpaired) electrons. The van der Waals surface area contributed by atoms with Gasteiger partial charge in [0.2, 0.25) is 0 Å². The third-order valence-corrected chi connectivity index (χ3v) is 1.65. The lowest BCUT2D eigenvalue weighted by Crippen LogP contribution is -2.34. The summed E-state index contributed by atoms with van der Waals surface area (Å²) >= 11 is 0. The van der Waals surface area contributed by atoms with E-state index in [0.29, 0.717) is 0 Å². The summed E-state index contributed by atoms with van der Waals surface area (Å²) in [7, 11) is 0. The van der Waals surface area contributed by atoms with Crippen LogP contribution in [0.15, 0.2) is 11.0 Å². The molecule has 14 heavy (non-hydrogen) atoms. The number of carbonyl (C=O) groups is 1. The number of anilines is 1. The van der Waals surface area contributed by atoms with Gasteiger partial charge in [-0.3, -0.25) is 14.6 Å². The quantitative estimate of drug-likeness (QED) is 0.457. The summed E-state index contributed by atoms with van der Waals surface area (Å²) in [5, 5.41) is 8.51. The Bertz CT molecular complexity index is 400. The number of hydrogen-bond donors (Lipinski definition) is 4. The van der Waals surface area contributed by atoms with E-state index in [4.69, 9.17) is 16.6 Å². The van der Waals surface area contributed by atoms with Crippen molar-refractivity contribution in [1.29, 1.82) is 0 Å². The molecule has 7 nitrogen and oxygen atoms in total. The number of hydrogen-bond acceptors (Lipinski definition) is 5. The Hall–Kier alpha value is -1.89. The number of carboxylic acid groups (broad SMARTS) is 1. The molecular weight excluding hydrogens is 188 g/mol. The highest BCUT2D eigenvalue weighted by molar-refractivity contribution is 5.73. The number of nitrogens with zero attached hydrogens (tertiary/aromatic N) is 1. The van der Waals surface area contributed by atoms with Crippen molar-refractivity contribution in [3.05, 3.63) is 22.1 Å². The standard InChI is InChI=1S/C7H10N4O3/c8-4(6(13)14)1-3-2-10-7(9)11-5(3)12/h2,4H,1,8H2,(H,13,14)(H3,9,10,11,12). The summed E-state index contributed by atoms with van der Waals surface area (Å²) in [5.74, 6) is -1.18. The Balaban J connectivity index is 2.88. The van der Waals surface area contributed by atoms with Gasteiger partial charge >= 0.3 is 5.97 Å². The first kappa shape index (κ1) is 10.2. The van der Waals surface area contributed by atoms with Crippen molar-refractivity contribution in [2.45, 2.75) is 12.5 Å². The second-order valence-electron chi connectivity index (χ2n) is 2.77. The molecule has 0 aromatic carbocycles. The average molecular weight is 198 g/mol. The van der Waals surface area contributed by atoms with Crippen molar-refractivity contribution in [1.82, 2.24) is 9.97 Å². The van der Waals surface area contributed by atoms with Gasteiger partial charge in [0, 0.05) is 18.2 Å². The minimum absolute atomic E-state index is 0.0114. The molecule has 0 aliphatic carbocycles. The number of H-pyrrole nitrogens is 1. The van der Waals surface area contributed by atoms with Gasteiger partial charge in [0.25, 0.3) is 5.56 Å². The lowest BCUT2D eigenvalue weighted by atomic mass is 10.1. The highest BCUT2D eigenvalue weighted by atomic mass is 16.4. The lowest BCUT2D eigenvalue weighted by Gasteiger charge is -2.04. The number of nitrogen functional groups attached to an aromatic ring is 1. The van der Waals surface area contributed by atoms with E-state index in [2.05, 4.69) is 9.97 Å². The number of rotatable bonds is 3. The first-order chi connectivity index (χ1) is 6.50. The molecule has 0 saturated carbocycles. The lowest BCUT2D eigenvalue weighted by molar-refractivity contribution is -0.138. The number of aliphatic carboxylic acids is 1. The van der Waals surface area contributed by atoms with E-state index in [1.54, 1.807) is 0 Å². The van der Waals surface area contributed by atoms with E-state index in [-0.39, 0.29) is 17.9 Å². The average Bonchev–Trinajstić information content (AvgIpc) is 2.09. The number of aromatic nitrogens is 2. The number of nitrogens with one attached hydrogen (secondary N) is 1. The van der Waals surface area contributed by atoms with Crippen LogP contribution in [0.1, 0.15) is 5.56 Å². The fraction of sp³-hybridized carbons (Fsp3) is 0.286. The van der Waals surface area contributed by atoms with Gasteiger partial charge in [0.1, 0.15) is 6.04 Å². The van der Waals surface area contributed by atoms with Gasteiger partial charge in [0.05, 0.1) is 0 Å². The van der Waals surface area contributed by atoms with Gasteiger partial charge in [-0.1, -0.05) is 0 Å². The smallest absolute Gasteiger partial charge is 0.320 e. The maximum absolute atomic E-state index is 11.2. The van der Waals surface area contributed by atoms with E-state index in [9.17, 15) is 9.59 Å². The van der Waals surface area contributed by atoms with Crippen LogP contribution in [0.5, 0.6) is 0 Å². The summed E-state index contributed by atoms with van der Waals surface area (Å²) in [6.07, 6.45) is 1.15. The Morgan fingerprint density at radius 2 is 2.36 bits per heavy atom. The third-order valence-electron chi connectivity index (χ3n) is 1.65. The fourth-order valence-electron chi connectivity index (χ4n) is 0.905. The second-order valence-corrected chi connectivity index (χ2v) is 2.77. The molecule has 0 bridgehead atoms. The predicted octanol–water partition coefficient (Wildman–Crippen LogP) is -1.69. The molecule has 1 unspecified atom stereocenters. The van der Waals surface area contributed by atoms with Crippen LogP contribution in [0.3, 0.4) is 0 Å². The highest BCUT2D eigenvalue weighted by Gasteiger charge is 2.14. The molecule has 0 aliphatic heterocycles.